The largest absolute Gasteiger partial charge is 0.460 e. The average Bonchev–Trinajstić information content (AvgIpc) is 2.46. The lowest BCUT2D eigenvalue weighted by atomic mass is 9.91. The zero-order valence-electron chi connectivity index (χ0n) is 16.9. The third-order valence-electron chi connectivity index (χ3n) is 4.69. The van der Waals surface area contributed by atoms with Crippen molar-refractivity contribution in [3.63, 3.8) is 0 Å². The van der Waals surface area contributed by atoms with Crippen LogP contribution >= 0.6 is 0 Å². The highest BCUT2D eigenvalue weighted by Crippen LogP contribution is 2.40. The van der Waals surface area contributed by atoms with Crippen molar-refractivity contribution in [3.8, 4) is 0 Å². The number of halogens is 2. The number of carbonyl (C=O) groups excluding carboxylic acids is 1. The summed E-state index contributed by atoms with van der Waals surface area (Å²) in [5.74, 6) is -3.61. The zero-order chi connectivity index (χ0) is 21.7. The minimum Gasteiger partial charge on any atom is -0.460 e. The Morgan fingerprint density at radius 3 is 2.36 bits per heavy atom. The molecule has 0 aromatic heterocycles. The number of nitrogens with two attached hydrogens (primary N) is 1. The van der Waals surface area contributed by atoms with E-state index in [1.165, 1.54) is 26.8 Å². The van der Waals surface area contributed by atoms with Gasteiger partial charge in [0.05, 0.1) is 17.7 Å². The average molecular weight is 416 g/mol. The van der Waals surface area contributed by atoms with Gasteiger partial charge < -0.3 is 10.5 Å². The van der Waals surface area contributed by atoms with E-state index in [1.807, 2.05) is 0 Å². The molecule has 1 heterocycles. The molecule has 1 aromatic rings. The summed E-state index contributed by atoms with van der Waals surface area (Å²) in [6, 6.07) is 1.98. The number of carbonyl (C=O) groups is 1. The Bertz CT molecular complexity index is 949. The summed E-state index contributed by atoms with van der Waals surface area (Å²) in [7, 11) is -3.87. The molecular formula is C19H26F2N2O4S. The maximum atomic E-state index is 14.5. The first-order chi connectivity index (χ1) is 12.5. The van der Waals surface area contributed by atoms with E-state index >= 15 is 0 Å². The van der Waals surface area contributed by atoms with Crippen LogP contribution in [0.4, 0.5) is 14.5 Å². The molecule has 0 saturated carbocycles. The van der Waals surface area contributed by atoms with Crippen LogP contribution in [0, 0.1) is 11.6 Å². The molecule has 1 unspecified atom stereocenters. The summed E-state index contributed by atoms with van der Waals surface area (Å²) < 4.78 is 58.1. The van der Waals surface area contributed by atoms with Crippen molar-refractivity contribution in [3.05, 3.63) is 29.3 Å². The van der Waals surface area contributed by atoms with Crippen LogP contribution in [0.5, 0.6) is 0 Å². The maximum absolute atomic E-state index is 14.5. The highest BCUT2D eigenvalue weighted by atomic mass is 32.2. The smallest absolute Gasteiger partial charge is 0.312 e. The number of aliphatic imine (C=N–C) groups is 1. The summed E-state index contributed by atoms with van der Waals surface area (Å²) in [6.45, 7) is 9.30. The van der Waals surface area contributed by atoms with Gasteiger partial charge in [0, 0.05) is 17.0 Å². The minimum atomic E-state index is -3.87. The molecule has 1 aliphatic rings. The van der Waals surface area contributed by atoms with Crippen molar-refractivity contribution in [2.45, 2.75) is 63.9 Å². The second kappa shape index (κ2) is 6.79. The summed E-state index contributed by atoms with van der Waals surface area (Å²) in [5.41, 5.74) is 2.92. The van der Waals surface area contributed by atoms with Gasteiger partial charge in [0.15, 0.2) is 21.5 Å². The Balaban J connectivity index is 2.62. The van der Waals surface area contributed by atoms with Crippen molar-refractivity contribution >= 4 is 27.2 Å². The van der Waals surface area contributed by atoms with Gasteiger partial charge in [-0.05, 0) is 53.7 Å². The highest BCUT2D eigenvalue weighted by Gasteiger charge is 2.50. The number of nitrogen functional groups attached to an aromatic ring is 1. The fourth-order valence-electron chi connectivity index (χ4n) is 3.10. The molecule has 28 heavy (non-hydrogen) atoms. The third kappa shape index (κ3) is 4.19. The van der Waals surface area contributed by atoms with E-state index in [2.05, 4.69) is 4.99 Å². The van der Waals surface area contributed by atoms with Gasteiger partial charge in [0.25, 0.3) is 0 Å². The van der Waals surface area contributed by atoms with E-state index in [4.69, 9.17) is 10.5 Å². The molecule has 0 radical (unpaired) electrons. The molecule has 1 atom stereocenters. The second-order valence-electron chi connectivity index (χ2n) is 8.73. The summed E-state index contributed by atoms with van der Waals surface area (Å²) >= 11 is 0. The maximum Gasteiger partial charge on any atom is 0.312 e. The van der Waals surface area contributed by atoms with Crippen LogP contribution in [0.1, 0.15) is 53.5 Å². The Morgan fingerprint density at radius 2 is 1.82 bits per heavy atom. The first-order valence-electron chi connectivity index (χ1n) is 8.77. The van der Waals surface area contributed by atoms with E-state index in [9.17, 15) is 22.0 Å². The number of anilines is 1. The highest BCUT2D eigenvalue weighted by molar-refractivity contribution is 7.93. The fraction of sp³-hybridized carbons (Fsp3) is 0.579. The van der Waals surface area contributed by atoms with Gasteiger partial charge in [0.2, 0.25) is 0 Å². The molecule has 0 fully saturated rings. The van der Waals surface area contributed by atoms with Crippen LogP contribution in [-0.2, 0) is 24.9 Å². The van der Waals surface area contributed by atoms with Crippen LogP contribution in [0.25, 0.3) is 0 Å². The van der Waals surface area contributed by atoms with Gasteiger partial charge in [-0.15, -0.1) is 0 Å². The Hall–Kier alpha value is -2.03. The van der Waals surface area contributed by atoms with Crippen LogP contribution in [0.2, 0.25) is 0 Å². The number of esters is 1. The minimum absolute atomic E-state index is 0.0257. The number of hydrogen-bond donors (Lipinski definition) is 1. The standard InChI is InChI=1S/C19H26F2N2O4S/c1-17(2,3)27-15(24)9-14-18(4,5)28(25,26)10-19(6,23-14)12-7-11(22)8-13(20)16(12)21/h7-8H,9-10,22H2,1-6H3. The molecule has 0 amide bonds. The summed E-state index contributed by atoms with van der Waals surface area (Å²) in [5, 5.41) is 0. The molecule has 6 nitrogen and oxygen atoms in total. The van der Waals surface area contributed by atoms with Crippen LogP contribution < -0.4 is 5.73 Å². The molecule has 0 aliphatic carbocycles. The number of benzene rings is 1. The number of hydrogen-bond acceptors (Lipinski definition) is 6. The molecule has 2 rings (SSSR count). The van der Waals surface area contributed by atoms with Crippen LogP contribution in [-0.4, -0.2) is 36.2 Å². The Kier molecular flexibility index (Phi) is 5.40. The number of nitrogens with zero attached hydrogens (tertiary/aromatic N) is 1. The van der Waals surface area contributed by atoms with Crippen molar-refractivity contribution < 1.29 is 26.7 Å². The predicted octanol–water partition coefficient (Wildman–Crippen LogP) is 3.14. The first kappa shape index (κ1) is 22.3. The van der Waals surface area contributed by atoms with Crippen LogP contribution in [0.15, 0.2) is 17.1 Å². The summed E-state index contributed by atoms with van der Waals surface area (Å²) in [6.07, 6.45) is -0.383. The zero-order valence-corrected chi connectivity index (χ0v) is 17.7. The Morgan fingerprint density at radius 1 is 1.25 bits per heavy atom. The number of ether oxygens (including phenoxy) is 1. The lowest BCUT2D eigenvalue weighted by Crippen LogP contribution is -2.52. The molecule has 0 spiro atoms. The quantitative estimate of drug-likeness (QED) is 0.603. The van der Waals surface area contributed by atoms with Crippen LogP contribution in [0.3, 0.4) is 0 Å². The molecular weight excluding hydrogens is 390 g/mol. The SMILES string of the molecule is CC(C)(C)OC(=O)CC1=NC(C)(c2cc(N)cc(F)c2F)CS(=O)(=O)C1(C)C. The number of sulfone groups is 1. The molecule has 156 valence electrons. The van der Waals surface area contributed by atoms with E-state index in [-0.39, 0.29) is 23.4 Å². The fourth-order valence-corrected chi connectivity index (χ4v) is 4.90. The van der Waals surface area contributed by atoms with Crippen molar-refractivity contribution in [2.75, 3.05) is 11.5 Å². The van der Waals surface area contributed by atoms with Crippen molar-refractivity contribution in [2.24, 2.45) is 4.99 Å². The normalized spacial score (nSPS) is 23.8. The molecule has 0 saturated heterocycles. The van der Waals surface area contributed by atoms with Gasteiger partial charge in [-0.25, -0.2) is 17.2 Å². The van der Waals surface area contributed by atoms with Crippen molar-refractivity contribution in [1.29, 1.82) is 0 Å². The lowest BCUT2D eigenvalue weighted by molar-refractivity contribution is -0.153. The van der Waals surface area contributed by atoms with E-state index in [0.29, 0.717) is 0 Å². The molecule has 9 heteroatoms. The molecule has 2 N–H and O–H groups in total. The molecule has 0 bridgehead atoms. The van der Waals surface area contributed by atoms with E-state index < -0.39 is 49.1 Å². The van der Waals surface area contributed by atoms with E-state index in [1.54, 1.807) is 20.8 Å². The van der Waals surface area contributed by atoms with E-state index in [0.717, 1.165) is 6.07 Å². The Labute approximate surface area is 164 Å². The van der Waals surface area contributed by atoms with Crippen molar-refractivity contribution in [1.82, 2.24) is 0 Å². The summed E-state index contributed by atoms with van der Waals surface area (Å²) in [4.78, 5) is 16.7. The second-order valence-corrected chi connectivity index (χ2v) is 11.3. The third-order valence-corrected chi connectivity index (χ3v) is 7.42. The molecule has 1 aliphatic heterocycles. The van der Waals surface area contributed by atoms with Gasteiger partial charge >= 0.3 is 5.97 Å². The van der Waals surface area contributed by atoms with Gasteiger partial charge in [-0.2, -0.15) is 0 Å². The van der Waals surface area contributed by atoms with Gasteiger partial charge in [-0.1, -0.05) is 0 Å². The van der Waals surface area contributed by atoms with Gasteiger partial charge in [-0.3, -0.25) is 9.79 Å². The molecule has 1 aromatic carbocycles. The monoisotopic (exact) mass is 416 g/mol. The topological polar surface area (TPSA) is 98.8 Å². The lowest BCUT2D eigenvalue weighted by Gasteiger charge is -2.39. The van der Waals surface area contributed by atoms with Gasteiger partial charge in [0.1, 0.15) is 10.3 Å². The predicted molar refractivity (Wildman–Crippen MR) is 104 cm³/mol. The number of rotatable bonds is 3. The first-order valence-corrected chi connectivity index (χ1v) is 10.4.